The number of halogens is 1. The van der Waals surface area contributed by atoms with Gasteiger partial charge in [0.1, 0.15) is 11.9 Å². The zero-order valence-corrected chi connectivity index (χ0v) is 18.4. The third kappa shape index (κ3) is 7.36. The number of likely N-dealkylation sites (tertiary alicyclic amines) is 1. The van der Waals surface area contributed by atoms with Crippen molar-refractivity contribution in [3.8, 4) is 5.75 Å². The summed E-state index contributed by atoms with van der Waals surface area (Å²) in [7, 11) is 0. The molecule has 3 rings (SSSR count). The molecule has 29 heavy (non-hydrogen) atoms. The maximum atomic E-state index is 6.09. The van der Waals surface area contributed by atoms with Gasteiger partial charge in [0.05, 0.1) is 25.4 Å². The van der Waals surface area contributed by atoms with Crippen LogP contribution in [0.1, 0.15) is 39.5 Å². The second kappa shape index (κ2) is 11.6. The molecule has 1 aromatic rings. The van der Waals surface area contributed by atoms with E-state index in [0.29, 0.717) is 23.8 Å². The van der Waals surface area contributed by atoms with Crippen LogP contribution in [0.5, 0.6) is 5.75 Å². The Balaban J connectivity index is 1.44. The number of benzene rings is 1. The van der Waals surface area contributed by atoms with Crippen molar-refractivity contribution < 1.29 is 14.2 Å². The number of rotatable bonds is 8. The van der Waals surface area contributed by atoms with Crippen LogP contribution < -0.4 is 10.1 Å². The van der Waals surface area contributed by atoms with Gasteiger partial charge >= 0.3 is 0 Å². The molecule has 0 bridgehead atoms. The van der Waals surface area contributed by atoms with E-state index in [1.807, 2.05) is 31.2 Å². The highest BCUT2D eigenvalue weighted by Crippen LogP contribution is 2.19. The summed E-state index contributed by atoms with van der Waals surface area (Å²) >= 11 is 5.93. The summed E-state index contributed by atoms with van der Waals surface area (Å²) < 4.78 is 17.7. The lowest BCUT2D eigenvalue weighted by Crippen LogP contribution is -2.47. The van der Waals surface area contributed by atoms with E-state index in [0.717, 1.165) is 70.2 Å². The average molecular weight is 424 g/mol. The van der Waals surface area contributed by atoms with Gasteiger partial charge < -0.3 is 24.4 Å². The van der Waals surface area contributed by atoms with Gasteiger partial charge in [-0.05, 0) is 63.8 Å². The molecule has 2 fully saturated rings. The van der Waals surface area contributed by atoms with E-state index >= 15 is 0 Å². The first kappa shape index (κ1) is 22.2. The molecular weight excluding hydrogens is 390 g/mol. The van der Waals surface area contributed by atoms with Gasteiger partial charge in [-0.1, -0.05) is 11.6 Å². The predicted molar refractivity (Wildman–Crippen MR) is 117 cm³/mol. The van der Waals surface area contributed by atoms with Crippen LogP contribution in [0.15, 0.2) is 29.3 Å². The smallest absolute Gasteiger partial charge is 0.194 e. The van der Waals surface area contributed by atoms with E-state index in [2.05, 4.69) is 17.1 Å². The van der Waals surface area contributed by atoms with Gasteiger partial charge in [-0.15, -0.1) is 0 Å². The summed E-state index contributed by atoms with van der Waals surface area (Å²) in [6, 6.07) is 7.44. The fourth-order valence-corrected chi connectivity index (χ4v) is 3.80. The van der Waals surface area contributed by atoms with Crippen molar-refractivity contribution in [2.24, 2.45) is 4.99 Å². The molecule has 0 radical (unpaired) electrons. The summed E-state index contributed by atoms with van der Waals surface area (Å²) in [5, 5.41) is 4.12. The van der Waals surface area contributed by atoms with E-state index in [1.54, 1.807) is 0 Å². The minimum Gasteiger partial charge on any atom is -0.489 e. The van der Waals surface area contributed by atoms with E-state index in [9.17, 15) is 0 Å². The van der Waals surface area contributed by atoms with Crippen molar-refractivity contribution in [2.75, 3.05) is 39.4 Å². The Morgan fingerprint density at radius 3 is 2.69 bits per heavy atom. The van der Waals surface area contributed by atoms with Gasteiger partial charge in [0.15, 0.2) is 5.96 Å². The van der Waals surface area contributed by atoms with Gasteiger partial charge in [-0.2, -0.15) is 0 Å². The second-order valence-electron chi connectivity index (χ2n) is 7.73. The van der Waals surface area contributed by atoms with Crippen LogP contribution in [0.4, 0.5) is 0 Å². The van der Waals surface area contributed by atoms with Crippen LogP contribution in [-0.4, -0.2) is 68.6 Å². The van der Waals surface area contributed by atoms with Gasteiger partial charge in [-0.3, -0.25) is 0 Å². The molecule has 7 heteroatoms. The fraction of sp³-hybridized carbons (Fsp3) is 0.682. The third-order valence-electron chi connectivity index (χ3n) is 5.27. The number of hydrogen-bond acceptors (Lipinski definition) is 4. The third-order valence-corrected chi connectivity index (χ3v) is 5.52. The summed E-state index contributed by atoms with van der Waals surface area (Å²) in [6.07, 6.45) is 4.94. The first-order chi connectivity index (χ1) is 14.1. The molecule has 0 aliphatic carbocycles. The Labute approximate surface area is 179 Å². The molecule has 2 aliphatic heterocycles. The van der Waals surface area contributed by atoms with Crippen molar-refractivity contribution in [2.45, 2.75) is 57.8 Å². The van der Waals surface area contributed by atoms with Crippen molar-refractivity contribution in [3.05, 3.63) is 29.3 Å². The summed E-state index contributed by atoms with van der Waals surface area (Å²) in [4.78, 5) is 7.13. The Morgan fingerprint density at radius 2 is 2.03 bits per heavy atom. The Morgan fingerprint density at radius 1 is 1.28 bits per heavy atom. The quantitative estimate of drug-likeness (QED) is 0.510. The average Bonchev–Trinajstić information content (AvgIpc) is 3.25. The normalized spacial score (nSPS) is 22.0. The molecule has 2 unspecified atom stereocenters. The van der Waals surface area contributed by atoms with Crippen molar-refractivity contribution in [1.29, 1.82) is 0 Å². The molecule has 0 aromatic heterocycles. The highest BCUT2D eigenvalue weighted by Gasteiger charge is 2.24. The van der Waals surface area contributed by atoms with E-state index in [1.165, 1.54) is 0 Å². The van der Waals surface area contributed by atoms with Crippen LogP contribution >= 0.6 is 11.6 Å². The van der Waals surface area contributed by atoms with Crippen LogP contribution in [0.2, 0.25) is 5.02 Å². The summed E-state index contributed by atoms with van der Waals surface area (Å²) in [5.74, 6) is 1.77. The highest BCUT2D eigenvalue weighted by molar-refractivity contribution is 6.30. The van der Waals surface area contributed by atoms with Crippen LogP contribution in [0, 0.1) is 0 Å². The lowest BCUT2D eigenvalue weighted by atomic mass is 10.1. The maximum Gasteiger partial charge on any atom is 0.194 e. The molecule has 0 amide bonds. The van der Waals surface area contributed by atoms with E-state index in [-0.39, 0.29) is 6.10 Å². The molecule has 2 heterocycles. The predicted octanol–water partition coefficient (Wildman–Crippen LogP) is 3.73. The van der Waals surface area contributed by atoms with Crippen LogP contribution in [0.25, 0.3) is 0 Å². The fourth-order valence-electron chi connectivity index (χ4n) is 3.68. The lowest BCUT2D eigenvalue weighted by molar-refractivity contribution is -0.0367. The van der Waals surface area contributed by atoms with Crippen molar-refractivity contribution in [3.63, 3.8) is 0 Å². The highest BCUT2D eigenvalue weighted by atomic mass is 35.5. The van der Waals surface area contributed by atoms with Gasteiger partial charge in [0.2, 0.25) is 0 Å². The molecule has 0 saturated carbocycles. The number of nitrogens with zero attached hydrogens (tertiary/aromatic N) is 2. The maximum absolute atomic E-state index is 6.09. The first-order valence-electron chi connectivity index (χ1n) is 10.8. The minimum absolute atomic E-state index is 0.0166. The molecule has 162 valence electrons. The van der Waals surface area contributed by atoms with E-state index < -0.39 is 0 Å². The topological polar surface area (TPSA) is 55.3 Å². The monoisotopic (exact) mass is 423 g/mol. The first-order valence-corrected chi connectivity index (χ1v) is 11.2. The van der Waals surface area contributed by atoms with Crippen LogP contribution in [-0.2, 0) is 9.47 Å². The molecule has 2 saturated heterocycles. The Hall–Kier alpha value is -1.50. The number of nitrogens with one attached hydrogen (secondary N) is 1. The second-order valence-corrected chi connectivity index (χ2v) is 8.17. The number of hydrogen-bond donors (Lipinski definition) is 1. The largest absolute Gasteiger partial charge is 0.489 e. The Bertz CT molecular complexity index is 627. The van der Waals surface area contributed by atoms with E-state index in [4.69, 9.17) is 30.8 Å². The zero-order chi connectivity index (χ0) is 20.5. The number of piperidine rings is 1. The van der Waals surface area contributed by atoms with Gasteiger partial charge in [-0.25, -0.2) is 4.99 Å². The molecule has 1 N–H and O–H groups in total. The van der Waals surface area contributed by atoms with Crippen molar-refractivity contribution >= 4 is 17.6 Å². The lowest BCUT2D eigenvalue weighted by Gasteiger charge is -2.34. The van der Waals surface area contributed by atoms with Crippen LogP contribution in [0.3, 0.4) is 0 Å². The molecular formula is C22H34ClN3O3. The molecule has 0 spiro atoms. The SMILES string of the molecule is CCNC(=NCC(C)Oc1ccc(Cl)cc1)N1CCC(OCC2CCCO2)CC1. The standard InChI is InChI=1S/C22H34ClN3O3/c1-3-24-22(25-15-17(2)29-20-8-6-18(23)7-9-20)26-12-10-19(11-13-26)28-16-21-5-4-14-27-21/h6-9,17,19,21H,3-5,10-16H2,1-2H3,(H,24,25). The zero-order valence-electron chi connectivity index (χ0n) is 17.6. The number of guanidine groups is 1. The summed E-state index contributed by atoms with van der Waals surface area (Å²) in [5.41, 5.74) is 0. The molecule has 2 aliphatic rings. The molecule has 2 atom stereocenters. The number of aliphatic imine (C=N–C) groups is 1. The molecule has 1 aromatic carbocycles. The number of ether oxygens (including phenoxy) is 3. The van der Waals surface area contributed by atoms with Gasteiger partial charge in [0.25, 0.3) is 0 Å². The van der Waals surface area contributed by atoms with Crippen molar-refractivity contribution in [1.82, 2.24) is 10.2 Å². The Kier molecular flexibility index (Phi) is 8.90. The molecule has 6 nitrogen and oxygen atoms in total. The van der Waals surface area contributed by atoms with Gasteiger partial charge in [0, 0.05) is 31.3 Å². The minimum atomic E-state index is -0.0166. The summed E-state index contributed by atoms with van der Waals surface area (Å²) in [6.45, 7) is 9.10.